The van der Waals surface area contributed by atoms with Crippen molar-refractivity contribution in [3.63, 3.8) is 0 Å². The van der Waals surface area contributed by atoms with Crippen molar-refractivity contribution in [1.82, 2.24) is 0 Å². The van der Waals surface area contributed by atoms with Crippen LogP contribution in [0.2, 0.25) is 0 Å². The SMILES string of the molecule is C[C@@]1(O)c2cc([N+](=O)[O-])ccc2O[C@@H]1C(=O)O. The number of carboxylic acids is 1. The van der Waals surface area contributed by atoms with Gasteiger partial charge in [0.05, 0.1) is 4.92 Å². The maximum Gasteiger partial charge on any atom is 0.348 e. The van der Waals surface area contributed by atoms with E-state index in [1.54, 1.807) is 0 Å². The number of nitro groups is 1. The second-order valence-corrected chi connectivity index (χ2v) is 3.92. The standard InChI is InChI=1S/C10H9NO6/c1-10(14)6-4-5(11(15)16)2-3-7(6)17-8(10)9(12)13/h2-4,8,14H,1H3,(H,12,13)/t8-,10-/m1/s1. The average molecular weight is 239 g/mol. The topological polar surface area (TPSA) is 110 Å². The van der Waals surface area contributed by atoms with Crippen LogP contribution in [-0.4, -0.2) is 27.2 Å². The van der Waals surface area contributed by atoms with Gasteiger partial charge in [0.25, 0.3) is 5.69 Å². The van der Waals surface area contributed by atoms with Crippen LogP contribution in [0, 0.1) is 10.1 Å². The van der Waals surface area contributed by atoms with E-state index < -0.39 is 22.6 Å². The molecule has 1 heterocycles. The predicted molar refractivity (Wildman–Crippen MR) is 54.7 cm³/mol. The van der Waals surface area contributed by atoms with Crippen molar-refractivity contribution in [2.75, 3.05) is 0 Å². The lowest BCUT2D eigenvalue weighted by Gasteiger charge is -2.20. The van der Waals surface area contributed by atoms with Crippen LogP contribution in [-0.2, 0) is 10.4 Å². The Balaban J connectivity index is 2.53. The summed E-state index contributed by atoms with van der Waals surface area (Å²) in [4.78, 5) is 20.9. The van der Waals surface area contributed by atoms with Crippen LogP contribution in [0.3, 0.4) is 0 Å². The Labute approximate surface area is 95.4 Å². The summed E-state index contributed by atoms with van der Waals surface area (Å²) >= 11 is 0. The molecule has 2 atom stereocenters. The van der Waals surface area contributed by atoms with Crippen LogP contribution in [0.15, 0.2) is 18.2 Å². The maximum absolute atomic E-state index is 10.9. The number of carbonyl (C=O) groups is 1. The van der Waals surface area contributed by atoms with Gasteiger partial charge in [-0.1, -0.05) is 0 Å². The van der Waals surface area contributed by atoms with Gasteiger partial charge in [0.1, 0.15) is 11.4 Å². The molecule has 90 valence electrons. The number of aliphatic hydroxyl groups is 1. The summed E-state index contributed by atoms with van der Waals surface area (Å²) in [6, 6.07) is 3.60. The van der Waals surface area contributed by atoms with Crippen LogP contribution in [0.5, 0.6) is 5.75 Å². The van der Waals surface area contributed by atoms with E-state index in [9.17, 15) is 20.0 Å². The lowest BCUT2D eigenvalue weighted by Crippen LogP contribution is -2.41. The van der Waals surface area contributed by atoms with E-state index in [1.165, 1.54) is 19.1 Å². The van der Waals surface area contributed by atoms with Crippen LogP contribution in [0.1, 0.15) is 12.5 Å². The average Bonchev–Trinajstić information content (AvgIpc) is 2.50. The highest BCUT2D eigenvalue weighted by Crippen LogP contribution is 2.42. The van der Waals surface area contributed by atoms with Gasteiger partial charge in [-0.2, -0.15) is 0 Å². The first kappa shape index (κ1) is 11.3. The smallest absolute Gasteiger partial charge is 0.348 e. The summed E-state index contributed by atoms with van der Waals surface area (Å²) in [5, 5.41) is 29.5. The monoisotopic (exact) mass is 239 g/mol. The number of nitrogens with zero attached hydrogens (tertiary/aromatic N) is 1. The van der Waals surface area contributed by atoms with Crippen molar-refractivity contribution in [3.05, 3.63) is 33.9 Å². The number of nitro benzene ring substituents is 1. The third kappa shape index (κ3) is 1.60. The van der Waals surface area contributed by atoms with Gasteiger partial charge >= 0.3 is 5.97 Å². The number of ether oxygens (including phenoxy) is 1. The third-order valence-corrected chi connectivity index (χ3v) is 2.70. The minimum Gasteiger partial charge on any atom is -0.478 e. The number of non-ortho nitro benzene ring substituents is 1. The zero-order valence-electron chi connectivity index (χ0n) is 8.78. The predicted octanol–water partition coefficient (Wildman–Crippen LogP) is 0.648. The first-order valence-electron chi connectivity index (χ1n) is 4.75. The third-order valence-electron chi connectivity index (χ3n) is 2.70. The maximum atomic E-state index is 10.9. The molecule has 0 radical (unpaired) electrons. The largest absolute Gasteiger partial charge is 0.478 e. The molecule has 7 heteroatoms. The highest BCUT2D eigenvalue weighted by Gasteiger charge is 2.49. The summed E-state index contributed by atoms with van der Waals surface area (Å²) in [5.41, 5.74) is -1.90. The molecule has 0 amide bonds. The lowest BCUT2D eigenvalue weighted by atomic mass is 9.92. The van der Waals surface area contributed by atoms with Gasteiger partial charge < -0.3 is 14.9 Å². The zero-order chi connectivity index (χ0) is 12.8. The molecule has 1 aliphatic rings. The fourth-order valence-corrected chi connectivity index (χ4v) is 1.80. The summed E-state index contributed by atoms with van der Waals surface area (Å²) < 4.78 is 5.05. The van der Waals surface area contributed by atoms with E-state index in [2.05, 4.69) is 0 Å². The summed E-state index contributed by atoms with van der Waals surface area (Å²) in [6.45, 7) is 1.25. The minimum atomic E-state index is -1.78. The molecular weight excluding hydrogens is 230 g/mol. The number of hydrogen-bond donors (Lipinski definition) is 2. The Kier molecular flexibility index (Phi) is 2.28. The molecular formula is C10H9NO6. The molecule has 1 aromatic carbocycles. The second kappa shape index (κ2) is 3.42. The molecule has 0 bridgehead atoms. The van der Waals surface area contributed by atoms with Gasteiger partial charge in [0.2, 0.25) is 6.10 Å². The van der Waals surface area contributed by atoms with Crippen molar-refractivity contribution in [1.29, 1.82) is 0 Å². The first-order valence-corrected chi connectivity index (χ1v) is 4.75. The summed E-state index contributed by atoms with van der Waals surface area (Å²) in [7, 11) is 0. The van der Waals surface area contributed by atoms with Crippen molar-refractivity contribution in [3.8, 4) is 5.75 Å². The fraction of sp³-hybridized carbons (Fsp3) is 0.300. The molecule has 7 nitrogen and oxygen atoms in total. The molecule has 0 saturated carbocycles. The van der Waals surface area contributed by atoms with Crippen LogP contribution in [0.4, 0.5) is 5.69 Å². The number of hydrogen-bond acceptors (Lipinski definition) is 5. The van der Waals surface area contributed by atoms with E-state index in [0.29, 0.717) is 0 Å². The molecule has 0 saturated heterocycles. The van der Waals surface area contributed by atoms with Gasteiger partial charge in [-0.05, 0) is 13.0 Å². The molecule has 0 spiro atoms. The highest BCUT2D eigenvalue weighted by atomic mass is 16.6. The Morgan fingerprint density at radius 2 is 2.24 bits per heavy atom. The molecule has 17 heavy (non-hydrogen) atoms. The Morgan fingerprint density at radius 1 is 1.59 bits per heavy atom. The Bertz CT molecular complexity index is 510. The number of carboxylic acid groups (broad SMARTS) is 1. The summed E-state index contributed by atoms with van der Waals surface area (Å²) in [5.74, 6) is -1.18. The van der Waals surface area contributed by atoms with E-state index in [4.69, 9.17) is 9.84 Å². The molecule has 0 fully saturated rings. The van der Waals surface area contributed by atoms with Crippen LogP contribution in [0.25, 0.3) is 0 Å². The molecule has 0 unspecified atom stereocenters. The highest BCUT2D eigenvalue weighted by molar-refractivity contribution is 5.77. The summed E-state index contributed by atoms with van der Waals surface area (Å²) in [6.07, 6.45) is -1.46. The Hall–Kier alpha value is -2.15. The van der Waals surface area contributed by atoms with Crippen molar-refractivity contribution < 1.29 is 24.7 Å². The van der Waals surface area contributed by atoms with E-state index in [-0.39, 0.29) is 17.0 Å². The van der Waals surface area contributed by atoms with Gasteiger partial charge in [0, 0.05) is 17.7 Å². The first-order chi connectivity index (χ1) is 7.84. The zero-order valence-corrected chi connectivity index (χ0v) is 8.78. The molecule has 0 aromatic heterocycles. The van der Waals surface area contributed by atoms with Crippen molar-refractivity contribution >= 4 is 11.7 Å². The number of rotatable bonds is 2. The lowest BCUT2D eigenvalue weighted by molar-refractivity contribution is -0.385. The minimum absolute atomic E-state index is 0.110. The number of benzene rings is 1. The van der Waals surface area contributed by atoms with E-state index in [1.807, 2.05) is 0 Å². The van der Waals surface area contributed by atoms with Crippen molar-refractivity contribution in [2.45, 2.75) is 18.6 Å². The van der Waals surface area contributed by atoms with Gasteiger partial charge in [-0.25, -0.2) is 4.79 Å². The van der Waals surface area contributed by atoms with Crippen molar-refractivity contribution in [2.24, 2.45) is 0 Å². The van der Waals surface area contributed by atoms with E-state index >= 15 is 0 Å². The quantitative estimate of drug-likeness (QED) is 0.579. The number of aliphatic carboxylic acids is 1. The van der Waals surface area contributed by atoms with Gasteiger partial charge in [-0.15, -0.1) is 0 Å². The van der Waals surface area contributed by atoms with Crippen LogP contribution >= 0.6 is 0 Å². The Morgan fingerprint density at radius 3 is 2.76 bits per heavy atom. The van der Waals surface area contributed by atoms with Gasteiger partial charge in [0.15, 0.2) is 0 Å². The normalized spacial score (nSPS) is 26.1. The molecule has 0 aliphatic carbocycles. The molecule has 1 aliphatic heterocycles. The molecule has 1 aromatic rings. The number of fused-ring (bicyclic) bond motifs is 1. The second-order valence-electron chi connectivity index (χ2n) is 3.92. The van der Waals surface area contributed by atoms with Crippen LogP contribution < -0.4 is 4.74 Å². The molecule has 2 N–H and O–H groups in total. The van der Waals surface area contributed by atoms with Gasteiger partial charge in [-0.3, -0.25) is 10.1 Å². The van der Waals surface area contributed by atoms with E-state index in [0.717, 1.165) is 6.07 Å². The fourth-order valence-electron chi connectivity index (χ4n) is 1.80. The molecule has 2 rings (SSSR count).